The van der Waals surface area contributed by atoms with Crippen LogP contribution < -0.4 is 5.32 Å². The number of amides is 1. The van der Waals surface area contributed by atoms with Crippen LogP contribution in [0, 0.1) is 5.82 Å². The van der Waals surface area contributed by atoms with Crippen LogP contribution in [0.25, 0.3) is 27.9 Å². The van der Waals surface area contributed by atoms with Gasteiger partial charge in [-0.3, -0.25) is 9.78 Å². The highest BCUT2D eigenvalue weighted by Crippen LogP contribution is 2.25. The number of benzene rings is 2. The molecular weight excluding hydrogens is 317 g/mol. The number of para-hydroxylation sites is 2. The van der Waals surface area contributed by atoms with E-state index in [1.165, 1.54) is 18.2 Å². The molecule has 0 unspecified atom stereocenters. The molecule has 122 valence electrons. The van der Waals surface area contributed by atoms with Crippen molar-refractivity contribution in [3.63, 3.8) is 0 Å². The predicted molar refractivity (Wildman–Crippen MR) is 97.7 cm³/mol. The van der Waals surface area contributed by atoms with Crippen molar-refractivity contribution in [3.8, 4) is 0 Å². The molecule has 0 aliphatic heterocycles. The van der Waals surface area contributed by atoms with Gasteiger partial charge in [-0.05, 0) is 30.3 Å². The molecule has 2 N–H and O–H groups in total. The minimum absolute atomic E-state index is 0.150. The molecule has 2 aromatic carbocycles. The number of aromatic nitrogens is 2. The van der Waals surface area contributed by atoms with Gasteiger partial charge in [0.05, 0.1) is 23.1 Å². The van der Waals surface area contributed by atoms with Crippen molar-refractivity contribution < 1.29 is 9.18 Å². The first-order valence-corrected chi connectivity index (χ1v) is 7.81. The number of fused-ring (bicyclic) bond motifs is 3. The van der Waals surface area contributed by atoms with Gasteiger partial charge in [-0.2, -0.15) is 0 Å². The molecule has 4 nitrogen and oxygen atoms in total. The highest BCUT2D eigenvalue weighted by Gasteiger charge is 2.05. The Morgan fingerprint density at radius 3 is 2.72 bits per heavy atom. The Hall–Kier alpha value is -3.47. The lowest BCUT2D eigenvalue weighted by atomic mass is 10.1. The zero-order valence-corrected chi connectivity index (χ0v) is 13.2. The fourth-order valence-corrected chi connectivity index (χ4v) is 2.76. The standard InChI is InChI=1S/C20H14FN3O/c21-16-6-2-4-8-18(16)24-20(25)10-9-13-11-15-14-5-1-3-7-17(14)23-19(15)12-22-13/h1-12,23H,(H,24,25)/b10-9+. The summed E-state index contributed by atoms with van der Waals surface area (Å²) in [6.45, 7) is 0. The van der Waals surface area contributed by atoms with Crippen molar-refractivity contribution in [2.75, 3.05) is 5.32 Å². The monoisotopic (exact) mass is 331 g/mol. The molecule has 0 aliphatic carbocycles. The number of carbonyl (C=O) groups is 1. The smallest absolute Gasteiger partial charge is 0.248 e. The van der Waals surface area contributed by atoms with Crippen LogP contribution in [0.3, 0.4) is 0 Å². The molecule has 5 heteroatoms. The van der Waals surface area contributed by atoms with E-state index in [4.69, 9.17) is 0 Å². The van der Waals surface area contributed by atoms with E-state index in [0.717, 1.165) is 21.8 Å². The Kier molecular flexibility index (Phi) is 3.74. The van der Waals surface area contributed by atoms with Gasteiger partial charge in [0.2, 0.25) is 5.91 Å². The zero-order chi connectivity index (χ0) is 17.2. The van der Waals surface area contributed by atoms with Gasteiger partial charge >= 0.3 is 0 Å². The topological polar surface area (TPSA) is 57.8 Å². The second kappa shape index (κ2) is 6.20. The van der Waals surface area contributed by atoms with Gasteiger partial charge in [-0.25, -0.2) is 4.39 Å². The van der Waals surface area contributed by atoms with Gasteiger partial charge in [0.25, 0.3) is 0 Å². The number of carbonyl (C=O) groups excluding carboxylic acids is 1. The van der Waals surface area contributed by atoms with E-state index in [0.29, 0.717) is 5.69 Å². The lowest BCUT2D eigenvalue weighted by Crippen LogP contribution is -2.09. The molecule has 1 amide bonds. The summed E-state index contributed by atoms with van der Waals surface area (Å²) in [7, 11) is 0. The van der Waals surface area contributed by atoms with E-state index >= 15 is 0 Å². The first kappa shape index (κ1) is 15.1. The molecule has 0 radical (unpaired) electrons. The van der Waals surface area contributed by atoms with Crippen molar-refractivity contribution in [2.45, 2.75) is 0 Å². The first-order chi connectivity index (χ1) is 12.2. The van der Waals surface area contributed by atoms with Crippen molar-refractivity contribution in [1.29, 1.82) is 0 Å². The summed E-state index contributed by atoms with van der Waals surface area (Å²) in [5.74, 6) is -0.881. The molecule has 0 bridgehead atoms. The Morgan fingerprint density at radius 2 is 1.84 bits per heavy atom. The normalized spacial score (nSPS) is 11.4. The molecule has 0 fully saturated rings. The van der Waals surface area contributed by atoms with Crippen LogP contribution in [0.4, 0.5) is 10.1 Å². The van der Waals surface area contributed by atoms with Crippen LogP contribution in [0.5, 0.6) is 0 Å². The molecule has 2 heterocycles. The minimum atomic E-state index is -0.470. The lowest BCUT2D eigenvalue weighted by molar-refractivity contribution is -0.111. The summed E-state index contributed by atoms with van der Waals surface area (Å²) in [6, 6.07) is 16.0. The minimum Gasteiger partial charge on any atom is -0.353 e. The quantitative estimate of drug-likeness (QED) is 0.543. The van der Waals surface area contributed by atoms with Crippen LogP contribution in [-0.2, 0) is 4.79 Å². The maximum atomic E-state index is 13.5. The average Bonchev–Trinajstić information content (AvgIpc) is 3.00. The van der Waals surface area contributed by atoms with E-state index in [9.17, 15) is 9.18 Å². The Morgan fingerprint density at radius 1 is 1.04 bits per heavy atom. The fraction of sp³-hybridized carbons (Fsp3) is 0. The number of rotatable bonds is 3. The molecule has 0 saturated heterocycles. The van der Waals surface area contributed by atoms with Gasteiger partial charge in [0.15, 0.2) is 0 Å². The average molecular weight is 331 g/mol. The predicted octanol–water partition coefficient (Wildman–Crippen LogP) is 4.51. The van der Waals surface area contributed by atoms with Crippen LogP contribution in [0.15, 0.2) is 66.9 Å². The van der Waals surface area contributed by atoms with Gasteiger partial charge in [0.1, 0.15) is 5.82 Å². The number of halogens is 1. The molecule has 0 aliphatic rings. The third-order valence-corrected chi connectivity index (χ3v) is 3.95. The molecule has 0 atom stereocenters. The summed E-state index contributed by atoms with van der Waals surface area (Å²) in [4.78, 5) is 19.6. The van der Waals surface area contributed by atoms with Crippen LogP contribution in [0.2, 0.25) is 0 Å². The van der Waals surface area contributed by atoms with Crippen molar-refractivity contribution in [3.05, 3.63) is 78.4 Å². The van der Waals surface area contributed by atoms with Crippen LogP contribution in [-0.4, -0.2) is 15.9 Å². The summed E-state index contributed by atoms with van der Waals surface area (Å²) < 4.78 is 13.5. The summed E-state index contributed by atoms with van der Waals surface area (Å²) in [5.41, 5.74) is 2.78. The van der Waals surface area contributed by atoms with Crippen molar-refractivity contribution >= 4 is 39.5 Å². The molecular formula is C20H14FN3O. The number of anilines is 1. The first-order valence-electron chi connectivity index (χ1n) is 7.81. The van der Waals surface area contributed by atoms with Crippen molar-refractivity contribution in [1.82, 2.24) is 9.97 Å². The number of H-pyrrole nitrogens is 1. The largest absolute Gasteiger partial charge is 0.353 e. The van der Waals surface area contributed by atoms with Crippen LogP contribution >= 0.6 is 0 Å². The number of nitrogens with zero attached hydrogens (tertiary/aromatic N) is 1. The Balaban J connectivity index is 1.59. The summed E-state index contributed by atoms with van der Waals surface area (Å²) in [5, 5.41) is 4.65. The summed E-state index contributed by atoms with van der Waals surface area (Å²) >= 11 is 0. The molecule has 0 spiro atoms. The van der Waals surface area contributed by atoms with E-state index in [1.807, 2.05) is 30.3 Å². The zero-order valence-electron chi connectivity index (χ0n) is 13.2. The second-order valence-corrected chi connectivity index (χ2v) is 5.63. The highest BCUT2D eigenvalue weighted by atomic mass is 19.1. The number of pyridine rings is 1. The number of aromatic amines is 1. The summed E-state index contributed by atoms with van der Waals surface area (Å²) in [6.07, 6.45) is 4.69. The number of nitrogens with one attached hydrogen (secondary N) is 2. The van der Waals surface area contributed by atoms with E-state index in [1.54, 1.807) is 24.4 Å². The molecule has 2 aromatic heterocycles. The third-order valence-electron chi connectivity index (χ3n) is 3.95. The van der Waals surface area contributed by atoms with Gasteiger partial charge in [-0.1, -0.05) is 30.3 Å². The molecule has 4 rings (SSSR count). The van der Waals surface area contributed by atoms with Crippen LogP contribution in [0.1, 0.15) is 5.69 Å². The van der Waals surface area contributed by atoms with E-state index in [2.05, 4.69) is 15.3 Å². The Labute approximate surface area is 143 Å². The fourth-order valence-electron chi connectivity index (χ4n) is 2.76. The maximum Gasteiger partial charge on any atom is 0.248 e. The third kappa shape index (κ3) is 2.99. The van der Waals surface area contributed by atoms with Gasteiger partial charge in [0, 0.05) is 22.4 Å². The van der Waals surface area contributed by atoms with Gasteiger partial charge < -0.3 is 10.3 Å². The SMILES string of the molecule is O=C(/C=C/c1cc2c(cn1)[nH]c1ccccc12)Nc1ccccc1F. The van der Waals surface area contributed by atoms with E-state index < -0.39 is 11.7 Å². The second-order valence-electron chi connectivity index (χ2n) is 5.63. The van der Waals surface area contributed by atoms with E-state index in [-0.39, 0.29) is 5.69 Å². The van der Waals surface area contributed by atoms with Gasteiger partial charge in [-0.15, -0.1) is 0 Å². The van der Waals surface area contributed by atoms with Crippen molar-refractivity contribution in [2.24, 2.45) is 0 Å². The number of hydrogen-bond donors (Lipinski definition) is 2. The number of hydrogen-bond acceptors (Lipinski definition) is 2. The lowest BCUT2D eigenvalue weighted by Gasteiger charge is -2.02. The molecule has 0 saturated carbocycles. The highest BCUT2D eigenvalue weighted by molar-refractivity contribution is 6.07. The Bertz CT molecular complexity index is 1110. The maximum absolute atomic E-state index is 13.5. The molecule has 25 heavy (non-hydrogen) atoms. The molecule has 4 aromatic rings.